The predicted molar refractivity (Wildman–Crippen MR) is 63.2 cm³/mol. The van der Waals surface area contributed by atoms with E-state index in [0.29, 0.717) is 5.82 Å². The molecule has 0 aliphatic carbocycles. The third-order valence-electron chi connectivity index (χ3n) is 2.31. The van der Waals surface area contributed by atoms with E-state index in [-0.39, 0.29) is 0 Å². The van der Waals surface area contributed by atoms with Gasteiger partial charge in [-0.1, -0.05) is 18.2 Å². The maximum Gasteiger partial charge on any atom is 0.131 e. The molecule has 0 fully saturated rings. The fourth-order valence-electron chi connectivity index (χ4n) is 1.54. The predicted octanol–water partition coefficient (Wildman–Crippen LogP) is 2.22. The highest BCUT2D eigenvalue weighted by Gasteiger charge is 2.06. The topological polar surface area (TPSA) is 64.9 Å². The number of nitrogen functional groups attached to an aromatic ring is 2. The molecule has 3 nitrogen and oxygen atoms in total. The van der Waals surface area contributed by atoms with Crippen LogP contribution in [0.2, 0.25) is 0 Å². The van der Waals surface area contributed by atoms with E-state index in [0.717, 1.165) is 22.4 Å². The number of anilines is 2. The molecule has 1 heterocycles. The van der Waals surface area contributed by atoms with Gasteiger partial charge >= 0.3 is 0 Å². The van der Waals surface area contributed by atoms with Gasteiger partial charge in [0.15, 0.2) is 0 Å². The molecule has 0 radical (unpaired) electrons. The molecule has 0 aliphatic rings. The summed E-state index contributed by atoms with van der Waals surface area (Å²) >= 11 is 0. The zero-order valence-corrected chi connectivity index (χ0v) is 8.57. The van der Waals surface area contributed by atoms with E-state index < -0.39 is 0 Å². The van der Waals surface area contributed by atoms with Crippen LogP contribution in [-0.4, -0.2) is 4.98 Å². The third kappa shape index (κ3) is 1.76. The first-order valence-corrected chi connectivity index (χ1v) is 4.75. The number of aromatic nitrogens is 1. The van der Waals surface area contributed by atoms with Crippen LogP contribution in [0.3, 0.4) is 0 Å². The summed E-state index contributed by atoms with van der Waals surface area (Å²) in [5.74, 6) is 0.513. The Hall–Kier alpha value is -2.03. The molecule has 0 saturated heterocycles. The Kier molecular flexibility index (Phi) is 2.29. The first-order chi connectivity index (χ1) is 7.18. The standard InChI is InChI=1S/C12H13N3/c1-8-6-10(12(14)15-7-8)9-4-2-3-5-11(9)13/h2-7H,13H2,1H3,(H2,14,15). The smallest absolute Gasteiger partial charge is 0.131 e. The number of nitrogens with two attached hydrogens (primary N) is 2. The monoisotopic (exact) mass is 199 g/mol. The molecule has 0 amide bonds. The fraction of sp³-hybridized carbons (Fsp3) is 0.0833. The normalized spacial score (nSPS) is 10.2. The minimum absolute atomic E-state index is 0.513. The van der Waals surface area contributed by atoms with Gasteiger partial charge in [-0.25, -0.2) is 4.98 Å². The van der Waals surface area contributed by atoms with E-state index in [4.69, 9.17) is 11.5 Å². The molecule has 15 heavy (non-hydrogen) atoms. The zero-order valence-electron chi connectivity index (χ0n) is 8.57. The van der Waals surface area contributed by atoms with Crippen molar-refractivity contribution >= 4 is 11.5 Å². The quantitative estimate of drug-likeness (QED) is 0.692. The van der Waals surface area contributed by atoms with Crippen LogP contribution in [-0.2, 0) is 0 Å². The largest absolute Gasteiger partial charge is 0.398 e. The number of hydrogen-bond donors (Lipinski definition) is 2. The van der Waals surface area contributed by atoms with Crippen LogP contribution in [0.25, 0.3) is 11.1 Å². The molecule has 2 aromatic rings. The van der Waals surface area contributed by atoms with Crippen molar-refractivity contribution in [1.82, 2.24) is 4.98 Å². The molecule has 0 bridgehead atoms. The summed E-state index contributed by atoms with van der Waals surface area (Å²) in [5, 5.41) is 0. The van der Waals surface area contributed by atoms with Crippen LogP contribution in [0.5, 0.6) is 0 Å². The van der Waals surface area contributed by atoms with Gasteiger partial charge in [-0.05, 0) is 24.6 Å². The van der Waals surface area contributed by atoms with Crippen molar-refractivity contribution in [2.75, 3.05) is 11.5 Å². The lowest BCUT2D eigenvalue weighted by Gasteiger charge is -2.08. The van der Waals surface area contributed by atoms with Gasteiger partial charge in [0.2, 0.25) is 0 Å². The summed E-state index contributed by atoms with van der Waals surface area (Å²) in [7, 11) is 0. The summed E-state index contributed by atoms with van der Waals surface area (Å²) < 4.78 is 0. The van der Waals surface area contributed by atoms with E-state index in [2.05, 4.69) is 4.98 Å². The molecule has 3 heteroatoms. The van der Waals surface area contributed by atoms with Crippen LogP contribution >= 0.6 is 0 Å². The molecule has 0 unspecified atom stereocenters. The number of pyridine rings is 1. The highest BCUT2D eigenvalue weighted by atomic mass is 14.8. The maximum absolute atomic E-state index is 5.89. The molecule has 0 atom stereocenters. The lowest BCUT2D eigenvalue weighted by atomic mass is 10.0. The van der Waals surface area contributed by atoms with Gasteiger partial charge in [0.25, 0.3) is 0 Å². The van der Waals surface area contributed by atoms with Gasteiger partial charge in [0.1, 0.15) is 5.82 Å². The number of rotatable bonds is 1. The molecule has 1 aromatic heterocycles. The van der Waals surface area contributed by atoms with E-state index in [1.165, 1.54) is 0 Å². The Morgan fingerprint density at radius 1 is 1.07 bits per heavy atom. The summed E-state index contributed by atoms with van der Waals surface area (Å²) in [6.07, 6.45) is 1.75. The maximum atomic E-state index is 5.89. The highest BCUT2D eigenvalue weighted by Crippen LogP contribution is 2.29. The van der Waals surface area contributed by atoms with E-state index in [1.807, 2.05) is 37.3 Å². The second kappa shape index (κ2) is 3.61. The Labute approximate surface area is 88.8 Å². The Bertz CT molecular complexity index is 492. The molecule has 0 aliphatic heterocycles. The van der Waals surface area contributed by atoms with Gasteiger partial charge in [-0.3, -0.25) is 0 Å². The van der Waals surface area contributed by atoms with Gasteiger partial charge < -0.3 is 11.5 Å². The average molecular weight is 199 g/mol. The number of nitrogens with zero attached hydrogens (tertiary/aromatic N) is 1. The van der Waals surface area contributed by atoms with E-state index in [1.54, 1.807) is 6.20 Å². The van der Waals surface area contributed by atoms with Crippen LogP contribution in [0.1, 0.15) is 5.56 Å². The first kappa shape index (κ1) is 9.52. The molecule has 0 saturated carbocycles. The van der Waals surface area contributed by atoms with Crippen molar-refractivity contribution in [1.29, 1.82) is 0 Å². The summed E-state index contributed by atoms with van der Waals surface area (Å²) in [5.41, 5.74) is 15.3. The third-order valence-corrected chi connectivity index (χ3v) is 2.31. The SMILES string of the molecule is Cc1cnc(N)c(-c2ccccc2N)c1. The molecule has 76 valence electrons. The van der Waals surface area contributed by atoms with Gasteiger partial charge in [-0.15, -0.1) is 0 Å². The number of aryl methyl sites for hydroxylation is 1. The van der Waals surface area contributed by atoms with Crippen LogP contribution in [0.15, 0.2) is 36.5 Å². The molecule has 2 rings (SSSR count). The van der Waals surface area contributed by atoms with Crippen LogP contribution < -0.4 is 11.5 Å². The van der Waals surface area contributed by atoms with Crippen molar-refractivity contribution < 1.29 is 0 Å². The van der Waals surface area contributed by atoms with Crippen molar-refractivity contribution in [3.63, 3.8) is 0 Å². The second-order valence-corrected chi connectivity index (χ2v) is 3.53. The number of benzene rings is 1. The zero-order chi connectivity index (χ0) is 10.8. The van der Waals surface area contributed by atoms with E-state index in [9.17, 15) is 0 Å². The number of para-hydroxylation sites is 1. The molecular formula is C12H13N3. The van der Waals surface area contributed by atoms with Crippen LogP contribution in [0.4, 0.5) is 11.5 Å². The lowest BCUT2D eigenvalue weighted by Crippen LogP contribution is -1.97. The Balaban J connectivity index is 2.64. The summed E-state index contributed by atoms with van der Waals surface area (Å²) in [4.78, 5) is 4.12. The van der Waals surface area contributed by atoms with Gasteiger partial charge in [0.05, 0.1) is 0 Å². The van der Waals surface area contributed by atoms with Crippen LogP contribution in [0, 0.1) is 6.92 Å². The minimum Gasteiger partial charge on any atom is -0.398 e. The van der Waals surface area contributed by atoms with Crippen molar-refractivity contribution in [2.45, 2.75) is 6.92 Å². The Morgan fingerprint density at radius 2 is 1.80 bits per heavy atom. The first-order valence-electron chi connectivity index (χ1n) is 4.75. The highest BCUT2D eigenvalue weighted by molar-refractivity contribution is 5.82. The summed E-state index contributed by atoms with van der Waals surface area (Å²) in [6.45, 7) is 1.98. The molecule has 0 spiro atoms. The van der Waals surface area contributed by atoms with Crippen molar-refractivity contribution in [2.24, 2.45) is 0 Å². The minimum atomic E-state index is 0.513. The molecular weight excluding hydrogens is 186 g/mol. The van der Waals surface area contributed by atoms with E-state index >= 15 is 0 Å². The Morgan fingerprint density at radius 3 is 2.53 bits per heavy atom. The fourth-order valence-corrected chi connectivity index (χ4v) is 1.54. The lowest BCUT2D eigenvalue weighted by molar-refractivity contribution is 1.28. The van der Waals surface area contributed by atoms with Crippen molar-refractivity contribution in [3.8, 4) is 11.1 Å². The average Bonchev–Trinajstić information content (AvgIpc) is 2.23. The van der Waals surface area contributed by atoms with Gasteiger partial charge in [-0.2, -0.15) is 0 Å². The second-order valence-electron chi connectivity index (χ2n) is 3.53. The molecule has 4 N–H and O–H groups in total. The van der Waals surface area contributed by atoms with Gasteiger partial charge in [0, 0.05) is 23.0 Å². The molecule has 1 aromatic carbocycles. The summed E-state index contributed by atoms with van der Waals surface area (Å²) in [6, 6.07) is 9.64. The van der Waals surface area contributed by atoms with Crippen molar-refractivity contribution in [3.05, 3.63) is 42.1 Å². The number of hydrogen-bond acceptors (Lipinski definition) is 3.